The first-order valence-corrected chi connectivity index (χ1v) is 7.18. The molecule has 0 aliphatic heterocycles. The number of aromatic nitrogens is 2. The van der Waals surface area contributed by atoms with Crippen LogP contribution in [0, 0.1) is 0 Å². The predicted molar refractivity (Wildman–Crippen MR) is 80.5 cm³/mol. The van der Waals surface area contributed by atoms with Gasteiger partial charge in [-0.15, -0.1) is 0 Å². The van der Waals surface area contributed by atoms with E-state index in [4.69, 9.17) is 0 Å². The minimum Gasteiger partial charge on any atom is -0.336 e. The zero-order valence-electron chi connectivity index (χ0n) is 13.3. The van der Waals surface area contributed by atoms with Crippen molar-refractivity contribution in [1.29, 1.82) is 0 Å². The van der Waals surface area contributed by atoms with E-state index in [1.165, 1.54) is 0 Å². The van der Waals surface area contributed by atoms with E-state index in [2.05, 4.69) is 22.2 Å². The van der Waals surface area contributed by atoms with Crippen LogP contribution >= 0.6 is 0 Å². The van der Waals surface area contributed by atoms with Gasteiger partial charge in [0.1, 0.15) is 0 Å². The van der Waals surface area contributed by atoms with Crippen molar-refractivity contribution in [1.82, 2.24) is 24.9 Å². The lowest BCUT2D eigenvalue weighted by Crippen LogP contribution is -2.44. The molecule has 0 aromatic carbocycles. The fourth-order valence-corrected chi connectivity index (χ4v) is 1.74. The molecule has 0 radical (unpaired) electrons. The highest BCUT2D eigenvalue weighted by Crippen LogP contribution is 2.04. The molecule has 114 valence electrons. The van der Waals surface area contributed by atoms with Crippen molar-refractivity contribution in [3.8, 4) is 0 Å². The lowest BCUT2D eigenvalue weighted by molar-refractivity contribution is 0.193. The summed E-state index contributed by atoms with van der Waals surface area (Å²) in [6.07, 6.45) is 3.81. The summed E-state index contributed by atoms with van der Waals surface area (Å²) in [6, 6.07) is 0.297. The third kappa shape index (κ3) is 4.85. The van der Waals surface area contributed by atoms with Crippen molar-refractivity contribution < 1.29 is 4.79 Å². The Morgan fingerprint density at radius 3 is 2.65 bits per heavy atom. The summed E-state index contributed by atoms with van der Waals surface area (Å²) in [6.45, 7) is 8.89. The molecule has 0 saturated heterocycles. The van der Waals surface area contributed by atoms with Gasteiger partial charge in [-0.05, 0) is 34.9 Å². The first-order chi connectivity index (χ1) is 9.47. The van der Waals surface area contributed by atoms with Crippen LogP contribution in [0.2, 0.25) is 0 Å². The molecule has 6 nitrogen and oxygen atoms in total. The second kappa shape index (κ2) is 7.89. The van der Waals surface area contributed by atoms with Gasteiger partial charge in [0.25, 0.3) is 0 Å². The second-order valence-corrected chi connectivity index (χ2v) is 5.22. The van der Waals surface area contributed by atoms with Crippen molar-refractivity contribution in [2.45, 2.75) is 39.9 Å². The first-order valence-electron chi connectivity index (χ1n) is 7.18. The zero-order valence-corrected chi connectivity index (χ0v) is 13.3. The van der Waals surface area contributed by atoms with Gasteiger partial charge < -0.3 is 15.1 Å². The molecule has 1 heterocycles. The monoisotopic (exact) mass is 281 g/mol. The van der Waals surface area contributed by atoms with Crippen LogP contribution in [0.25, 0.3) is 0 Å². The number of carbonyl (C=O) groups excluding carboxylic acids is 1. The predicted octanol–water partition coefficient (Wildman–Crippen LogP) is 1.38. The molecular formula is C14H27N5O. The maximum Gasteiger partial charge on any atom is 0.317 e. The number of carbonyl (C=O) groups is 1. The van der Waals surface area contributed by atoms with Crippen LogP contribution in [0.4, 0.5) is 4.79 Å². The topological polar surface area (TPSA) is 53.4 Å². The SMILES string of the molecule is CCN(Cc1cnn(CC)c1)C(=O)NC[C@H](C)N(C)C. The van der Waals surface area contributed by atoms with E-state index >= 15 is 0 Å². The standard InChI is InChI=1S/C14H27N5O/c1-6-18(10-13-9-16-19(7-2)11-13)14(20)15-8-12(3)17(4)5/h9,11-12H,6-8,10H2,1-5H3,(H,15,20)/t12-/m0/s1. The molecule has 2 amide bonds. The van der Waals surface area contributed by atoms with Crippen LogP contribution in [0.5, 0.6) is 0 Å². The summed E-state index contributed by atoms with van der Waals surface area (Å²) >= 11 is 0. The average molecular weight is 281 g/mol. The van der Waals surface area contributed by atoms with E-state index in [1.54, 1.807) is 4.90 Å². The van der Waals surface area contributed by atoms with E-state index in [1.807, 2.05) is 45.0 Å². The van der Waals surface area contributed by atoms with Gasteiger partial charge in [0.2, 0.25) is 0 Å². The zero-order chi connectivity index (χ0) is 15.1. The van der Waals surface area contributed by atoms with Crippen molar-refractivity contribution in [3.63, 3.8) is 0 Å². The molecule has 0 saturated carbocycles. The molecule has 0 fully saturated rings. The molecule has 0 unspecified atom stereocenters. The highest BCUT2D eigenvalue weighted by Gasteiger charge is 2.14. The number of urea groups is 1. The van der Waals surface area contributed by atoms with E-state index in [0.717, 1.165) is 12.1 Å². The summed E-state index contributed by atoms with van der Waals surface area (Å²) in [5.74, 6) is 0. The van der Waals surface area contributed by atoms with Gasteiger partial charge in [0, 0.05) is 37.4 Å². The summed E-state index contributed by atoms with van der Waals surface area (Å²) < 4.78 is 1.87. The highest BCUT2D eigenvalue weighted by atomic mass is 16.2. The van der Waals surface area contributed by atoms with Crippen LogP contribution in [0.1, 0.15) is 26.3 Å². The minimum absolute atomic E-state index is 0.0227. The minimum atomic E-state index is -0.0227. The van der Waals surface area contributed by atoms with Gasteiger partial charge in [0.05, 0.1) is 12.7 Å². The Morgan fingerprint density at radius 2 is 2.15 bits per heavy atom. The van der Waals surface area contributed by atoms with Gasteiger partial charge in [-0.25, -0.2) is 4.79 Å². The van der Waals surface area contributed by atoms with E-state index < -0.39 is 0 Å². The number of hydrogen-bond donors (Lipinski definition) is 1. The highest BCUT2D eigenvalue weighted by molar-refractivity contribution is 5.74. The fraction of sp³-hybridized carbons (Fsp3) is 0.714. The van der Waals surface area contributed by atoms with Gasteiger partial charge in [-0.2, -0.15) is 5.10 Å². The molecule has 0 aliphatic rings. The smallest absolute Gasteiger partial charge is 0.317 e. The average Bonchev–Trinajstić information content (AvgIpc) is 2.89. The lowest BCUT2D eigenvalue weighted by atomic mass is 10.3. The molecule has 0 aliphatic carbocycles. The van der Waals surface area contributed by atoms with Crippen LogP contribution in [-0.2, 0) is 13.1 Å². The molecule has 1 aromatic rings. The molecule has 1 atom stereocenters. The van der Waals surface area contributed by atoms with Gasteiger partial charge in [-0.1, -0.05) is 0 Å². The van der Waals surface area contributed by atoms with Crippen molar-refractivity contribution in [2.24, 2.45) is 0 Å². The Morgan fingerprint density at radius 1 is 1.45 bits per heavy atom. The Hall–Kier alpha value is -1.56. The van der Waals surface area contributed by atoms with E-state index in [0.29, 0.717) is 25.7 Å². The van der Waals surface area contributed by atoms with Gasteiger partial charge in [0.15, 0.2) is 0 Å². The molecule has 1 N–H and O–H groups in total. The summed E-state index contributed by atoms with van der Waals surface area (Å²) in [5, 5.41) is 7.20. The third-order valence-corrected chi connectivity index (χ3v) is 3.48. The van der Waals surface area contributed by atoms with Crippen molar-refractivity contribution in [2.75, 3.05) is 27.2 Å². The van der Waals surface area contributed by atoms with E-state index in [-0.39, 0.29) is 6.03 Å². The first kappa shape index (κ1) is 16.5. The molecule has 6 heteroatoms. The van der Waals surface area contributed by atoms with Gasteiger partial charge in [-0.3, -0.25) is 4.68 Å². The van der Waals surface area contributed by atoms with E-state index in [9.17, 15) is 4.79 Å². The maximum atomic E-state index is 12.2. The molecular weight excluding hydrogens is 254 g/mol. The number of nitrogens with zero attached hydrogens (tertiary/aromatic N) is 4. The molecule has 0 bridgehead atoms. The Balaban J connectivity index is 2.50. The molecule has 20 heavy (non-hydrogen) atoms. The van der Waals surface area contributed by atoms with Crippen LogP contribution in [-0.4, -0.2) is 58.8 Å². The molecule has 1 rings (SSSR count). The number of rotatable bonds is 7. The fourth-order valence-electron chi connectivity index (χ4n) is 1.74. The second-order valence-electron chi connectivity index (χ2n) is 5.22. The Labute approximate surface area is 121 Å². The summed E-state index contributed by atoms with van der Waals surface area (Å²) in [4.78, 5) is 16.0. The van der Waals surface area contributed by atoms with Crippen LogP contribution in [0.3, 0.4) is 0 Å². The summed E-state index contributed by atoms with van der Waals surface area (Å²) in [5.41, 5.74) is 1.06. The Kier molecular flexibility index (Phi) is 6.51. The molecule has 1 aromatic heterocycles. The number of nitrogens with one attached hydrogen (secondary N) is 1. The molecule has 0 spiro atoms. The maximum absolute atomic E-state index is 12.2. The van der Waals surface area contributed by atoms with Crippen LogP contribution in [0.15, 0.2) is 12.4 Å². The normalized spacial score (nSPS) is 12.5. The lowest BCUT2D eigenvalue weighted by Gasteiger charge is -2.24. The number of hydrogen-bond acceptors (Lipinski definition) is 3. The van der Waals surface area contributed by atoms with Crippen LogP contribution < -0.4 is 5.32 Å². The number of amides is 2. The van der Waals surface area contributed by atoms with Crippen molar-refractivity contribution in [3.05, 3.63) is 18.0 Å². The largest absolute Gasteiger partial charge is 0.336 e. The quantitative estimate of drug-likeness (QED) is 0.821. The number of likely N-dealkylation sites (N-methyl/N-ethyl adjacent to an activating group) is 1. The van der Waals surface area contributed by atoms with Gasteiger partial charge >= 0.3 is 6.03 Å². The number of aryl methyl sites for hydroxylation is 1. The Bertz CT molecular complexity index is 415. The summed E-state index contributed by atoms with van der Waals surface area (Å²) in [7, 11) is 4.01. The third-order valence-electron chi connectivity index (χ3n) is 3.48. The van der Waals surface area contributed by atoms with Crippen molar-refractivity contribution >= 4 is 6.03 Å².